The Bertz CT molecular complexity index is 844. The molecule has 4 rings (SSSR count). The zero-order chi connectivity index (χ0) is 15.6. The van der Waals surface area contributed by atoms with Crippen LogP contribution in [0.5, 0.6) is 11.5 Å². The lowest BCUT2D eigenvalue weighted by Crippen LogP contribution is -2.21. The number of nitrogens with zero attached hydrogens (tertiary/aromatic N) is 2. The van der Waals surface area contributed by atoms with Crippen molar-refractivity contribution in [2.75, 3.05) is 6.79 Å². The average Bonchev–Trinajstić information content (AvgIpc) is 3.32. The van der Waals surface area contributed by atoms with Crippen LogP contribution in [0.3, 0.4) is 0 Å². The van der Waals surface area contributed by atoms with Crippen LogP contribution in [0.4, 0.5) is 0 Å². The molecule has 7 nitrogen and oxygen atoms in total. The number of benzene rings is 1. The maximum Gasteiger partial charge on any atom is 0.261 e. The van der Waals surface area contributed by atoms with Crippen LogP contribution >= 0.6 is 11.3 Å². The van der Waals surface area contributed by atoms with Crippen LogP contribution in [0.25, 0.3) is 11.4 Å². The fraction of sp³-hybridized carbons (Fsp3) is 0.133. The van der Waals surface area contributed by atoms with Crippen LogP contribution in [-0.2, 0) is 6.54 Å². The molecule has 3 aromatic rings. The first-order valence-electron chi connectivity index (χ1n) is 6.84. The second-order valence-corrected chi connectivity index (χ2v) is 5.69. The van der Waals surface area contributed by atoms with Gasteiger partial charge in [0.1, 0.15) is 0 Å². The van der Waals surface area contributed by atoms with Crippen molar-refractivity contribution in [2.24, 2.45) is 0 Å². The standard InChI is InChI=1S/C15H11N3O4S/c19-15(12-2-1-5-23-12)16-7-13-17-14(18-22-13)9-3-4-10-11(6-9)21-8-20-10/h1-6H,7-8H2,(H,16,19). The van der Waals surface area contributed by atoms with E-state index in [2.05, 4.69) is 15.5 Å². The summed E-state index contributed by atoms with van der Waals surface area (Å²) in [6.07, 6.45) is 0. The fourth-order valence-electron chi connectivity index (χ4n) is 2.13. The molecule has 1 amide bonds. The Labute approximate surface area is 134 Å². The van der Waals surface area contributed by atoms with Gasteiger partial charge in [0, 0.05) is 5.56 Å². The minimum absolute atomic E-state index is 0.164. The molecule has 8 heteroatoms. The van der Waals surface area contributed by atoms with Crippen molar-refractivity contribution in [1.29, 1.82) is 0 Å². The van der Waals surface area contributed by atoms with Gasteiger partial charge in [-0.3, -0.25) is 4.79 Å². The summed E-state index contributed by atoms with van der Waals surface area (Å²) >= 11 is 1.38. The lowest BCUT2D eigenvalue weighted by molar-refractivity contribution is 0.0950. The van der Waals surface area contributed by atoms with Gasteiger partial charge in [0.05, 0.1) is 11.4 Å². The summed E-state index contributed by atoms with van der Waals surface area (Å²) in [5.41, 5.74) is 0.758. The van der Waals surface area contributed by atoms with E-state index in [1.807, 2.05) is 17.5 Å². The third kappa shape index (κ3) is 2.76. The normalized spacial score (nSPS) is 12.3. The van der Waals surface area contributed by atoms with Crippen molar-refractivity contribution >= 4 is 17.2 Å². The van der Waals surface area contributed by atoms with Crippen molar-refractivity contribution in [3.63, 3.8) is 0 Å². The quantitative estimate of drug-likeness (QED) is 0.791. The van der Waals surface area contributed by atoms with Crippen molar-refractivity contribution in [1.82, 2.24) is 15.5 Å². The predicted octanol–water partition coefficient (Wildman–Crippen LogP) is 2.46. The van der Waals surface area contributed by atoms with Gasteiger partial charge >= 0.3 is 0 Å². The molecule has 3 heterocycles. The lowest BCUT2D eigenvalue weighted by Gasteiger charge is -1.99. The highest BCUT2D eigenvalue weighted by Crippen LogP contribution is 2.35. The number of thiophene rings is 1. The number of aromatic nitrogens is 2. The second-order valence-electron chi connectivity index (χ2n) is 4.74. The maximum absolute atomic E-state index is 11.9. The molecular weight excluding hydrogens is 318 g/mol. The summed E-state index contributed by atoms with van der Waals surface area (Å²) in [5, 5.41) is 8.51. The molecule has 0 radical (unpaired) electrons. The largest absolute Gasteiger partial charge is 0.454 e. The van der Waals surface area contributed by atoms with Crippen LogP contribution in [0.1, 0.15) is 15.6 Å². The van der Waals surface area contributed by atoms with Gasteiger partial charge in [-0.2, -0.15) is 4.98 Å². The molecule has 0 saturated heterocycles. The third-order valence-corrected chi connectivity index (χ3v) is 4.11. The first-order chi connectivity index (χ1) is 11.3. The molecule has 0 bridgehead atoms. The molecule has 0 atom stereocenters. The molecule has 0 saturated carbocycles. The number of carbonyl (C=O) groups excluding carboxylic acids is 1. The molecule has 1 aliphatic rings. The molecule has 23 heavy (non-hydrogen) atoms. The number of fused-ring (bicyclic) bond motifs is 1. The van der Waals surface area contributed by atoms with Gasteiger partial charge in [-0.25, -0.2) is 0 Å². The second kappa shape index (κ2) is 5.73. The van der Waals surface area contributed by atoms with Gasteiger partial charge in [0.25, 0.3) is 5.91 Å². The Kier molecular flexibility index (Phi) is 3.43. The van der Waals surface area contributed by atoms with E-state index < -0.39 is 0 Å². The van der Waals surface area contributed by atoms with Crippen molar-refractivity contribution in [3.05, 3.63) is 46.5 Å². The van der Waals surface area contributed by atoms with E-state index in [0.717, 1.165) is 5.56 Å². The van der Waals surface area contributed by atoms with Crippen LogP contribution in [0.15, 0.2) is 40.2 Å². The van der Waals surface area contributed by atoms with Crippen LogP contribution in [0.2, 0.25) is 0 Å². The monoisotopic (exact) mass is 329 g/mol. The molecule has 1 aromatic carbocycles. The first kappa shape index (κ1) is 13.8. The SMILES string of the molecule is O=C(NCc1nc(-c2ccc3c(c2)OCO3)no1)c1cccs1. The Balaban J connectivity index is 1.45. The van der Waals surface area contributed by atoms with E-state index >= 15 is 0 Å². The summed E-state index contributed by atoms with van der Waals surface area (Å²) in [6.45, 7) is 0.388. The van der Waals surface area contributed by atoms with E-state index in [4.69, 9.17) is 14.0 Å². The smallest absolute Gasteiger partial charge is 0.261 e. The molecule has 116 valence electrons. The third-order valence-electron chi connectivity index (χ3n) is 3.24. The summed E-state index contributed by atoms with van der Waals surface area (Å²) in [5.74, 6) is 1.95. The van der Waals surface area contributed by atoms with E-state index in [9.17, 15) is 4.79 Å². The Morgan fingerprint density at radius 2 is 2.17 bits per heavy atom. The predicted molar refractivity (Wildman–Crippen MR) is 81.3 cm³/mol. The number of nitrogens with one attached hydrogen (secondary N) is 1. The van der Waals surface area contributed by atoms with Crippen molar-refractivity contribution < 1.29 is 18.8 Å². The Morgan fingerprint density at radius 3 is 3.04 bits per heavy atom. The fourth-order valence-corrected chi connectivity index (χ4v) is 2.77. The zero-order valence-electron chi connectivity index (χ0n) is 11.8. The van der Waals surface area contributed by atoms with Crippen molar-refractivity contribution in [2.45, 2.75) is 6.54 Å². The maximum atomic E-state index is 11.9. The van der Waals surface area contributed by atoms with Crippen LogP contribution in [-0.4, -0.2) is 22.8 Å². The number of hydrogen-bond donors (Lipinski definition) is 1. The average molecular weight is 329 g/mol. The molecule has 0 fully saturated rings. The Morgan fingerprint density at radius 1 is 1.26 bits per heavy atom. The molecule has 1 N–H and O–H groups in total. The van der Waals surface area contributed by atoms with Gasteiger partial charge < -0.3 is 19.3 Å². The van der Waals surface area contributed by atoms with Gasteiger partial charge in [0.15, 0.2) is 11.5 Å². The van der Waals surface area contributed by atoms with Gasteiger partial charge in [-0.15, -0.1) is 11.3 Å². The number of carbonyl (C=O) groups is 1. The zero-order valence-corrected chi connectivity index (χ0v) is 12.6. The highest BCUT2D eigenvalue weighted by atomic mass is 32.1. The van der Waals surface area contributed by atoms with E-state index in [1.54, 1.807) is 18.2 Å². The van der Waals surface area contributed by atoms with Crippen molar-refractivity contribution in [3.8, 4) is 22.9 Å². The molecular formula is C15H11N3O4S. The summed E-state index contributed by atoms with van der Waals surface area (Å²) in [4.78, 5) is 16.8. The molecule has 1 aliphatic heterocycles. The lowest BCUT2D eigenvalue weighted by atomic mass is 10.2. The highest BCUT2D eigenvalue weighted by molar-refractivity contribution is 7.12. The Hall–Kier alpha value is -2.87. The minimum Gasteiger partial charge on any atom is -0.454 e. The van der Waals surface area contributed by atoms with E-state index in [0.29, 0.717) is 28.1 Å². The van der Waals surface area contributed by atoms with E-state index in [1.165, 1.54) is 11.3 Å². The number of ether oxygens (including phenoxy) is 2. The number of rotatable bonds is 4. The van der Waals surface area contributed by atoms with Gasteiger partial charge in [0.2, 0.25) is 18.5 Å². The molecule has 2 aromatic heterocycles. The molecule has 0 spiro atoms. The van der Waals surface area contributed by atoms with Crippen LogP contribution in [0, 0.1) is 0 Å². The van der Waals surface area contributed by atoms with Gasteiger partial charge in [-0.1, -0.05) is 11.2 Å². The highest BCUT2D eigenvalue weighted by Gasteiger charge is 2.17. The van der Waals surface area contributed by atoms with Gasteiger partial charge in [-0.05, 0) is 29.6 Å². The molecule has 0 unspecified atom stereocenters. The number of amides is 1. The van der Waals surface area contributed by atoms with Crippen LogP contribution < -0.4 is 14.8 Å². The summed E-state index contributed by atoms with van der Waals surface area (Å²) in [6, 6.07) is 9.00. The minimum atomic E-state index is -0.164. The summed E-state index contributed by atoms with van der Waals surface area (Å²) in [7, 11) is 0. The molecule has 0 aliphatic carbocycles. The topological polar surface area (TPSA) is 86.5 Å². The summed E-state index contributed by atoms with van der Waals surface area (Å²) < 4.78 is 15.7. The first-order valence-corrected chi connectivity index (χ1v) is 7.72. The number of hydrogen-bond acceptors (Lipinski definition) is 7. The van der Waals surface area contributed by atoms with E-state index in [-0.39, 0.29) is 19.2 Å².